The second-order valence-electron chi connectivity index (χ2n) is 6.36. The number of rotatable bonds is 3. The first-order valence-corrected chi connectivity index (χ1v) is 7.58. The maximum absolute atomic E-state index is 3.77. The summed E-state index contributed by atoms with van der Waals surface area (Å²) < 4.78 is 0. The minimum absolute atomic E-state index is 0.730. The predicted octanol–water partition coefficient (Wildman–Crippen LogP) is 3.70. The summed E-state index contributed by atoms with van der Waals surface area (Å²) in [5, 5.41) is 3.77. The topological polar surface area (TPSA) is 12.0 Å². The van der Waals surface area contributed by atoms with E-state index >= 15 is 0 Å². The number of hydrogen-bond acceptors (Lipinski definition) is 1. The third-order valence-electron chi connectivity index (χ3n) is 5.20. The molecule has 0 spiro atoms. The zero-order valence-electron chi connectivity index (χ0n) is 11.7. The number of benzene rings is 1. The van der Waals surface area contributed by atoms with Gasteiger partial charge in [-0.1, -0.05) is 32.0 Å². The van der Waals surface area contributed by atoms with E-state index in [-0.39, 0.29) is 0 Å². The van der Waals surface area contributed by atoms with E-state index in [9.17, 15) is 0 Å². The minimum atomic E-state index is 0.730. The summed E-state index contributed by atoms with van der Waals surface area (Å²) in [6.45, 7) is 5.84. The van der Waals surface area contributed by atoms with Crippen LogP contribution in [0.25, 0.3) is 0 Å². The molecule has 1 nitrogen and oxygen atoms in total. The maximum Gasteiger partial charge on any atom is 0.0208 e. The molecule has 1 heteroatoms. The van der Waals surface area contributed by atoms with E-state index in [0.717, 1.165) is 24.4 Å². The van der Waals surface area contributed by atoms with Crippen molar-refractivity contribution in [3.63, 3.8) is 0 Å². The Morgan fingerprint density at radius 1 is 1.11 bits per heavy atom. The Balaban J connectivity index is 1.60. The summed E-state index contributed by atoms with van der Waals surface area (Å²) in [6.07, 6.45) is 6.68. The lowest BCUT2D eigenvalue weighted by Crippen LogP contribution is -2.31. The Labute approximate surface area is 111 Å². The van der Waals surface area contributed by atoms with Gasteiger partial charge < -0.3 is 5.32 Å². The molecule has 0 bridgehead atoms. The van der Waals surface area contributed by atoms with E-state index in [1.54, 1.807) is 11.1 Å². The van der Waals surface area contributed by atoms with Gasteiger partial charge in [0.25, 0.3) is 0 Å². The Morgan fingerprint density at radius 3 is 2.72 bits per heavy atom. The van der Waals surface area contributed by atoms with Crippen molar-refractivity contribution in [3.8, 4) is 0 Å². The molecule has 3 atom stereocenters. The number of fused-ring (bicyclic) bond motifs is 1. The number of nitrogens with one attached hydrogen (secondary N) is 1. The highest BCUT2D eigenvalue weighted by Gasteiger charge is 2.29. The summed E-state index contributed by atoms with van der Waals surface area (Å²) in [6, 6.07) is 7.83. The third-order valence-corrected chi connectivity index (χ3v) is 5.20. The largest absolute Gasteiger partial charge is 0.310 e. The zero-order valence-corrected chi connectivity index (χ0v) is 11.7. The first kappa shape index (κ1) is 12.2. The highest BCUT2D eigenvalue weighted by atomic mass is 14.9. The van der Waals surface area contributed by atoms with Gasteiger partial charge in [-0.3, -0.25) is 0 Å². The van der Waals surface area contributed by atoms with Gasteiger partial charge in [0.1, 0.15) is 0 Å². The monoisotopic (exact) mass is 243 g/mol. The average Bonchev–Trinajstić information content (AvgIpc) is 2.96. The molecule has 1 aromatic carbocycles. The van der Waals surface area contributed by atoms with Crippen molar-refractivity contribution >= 4 is 0 Å². The molecular formula is C17H25N. The molecule has 18 heavy (non-hydrogen) atoms. The van der Waals surface area contributed by atoms with Gasteiger partial charge in [0.15, 0.2) is 0 Å². The molecule has 0 heterocycles. The van der Waals surface area contributed by atoms with Crippen LogP contribution in [0.4, 0.5) is 0 Å². The lowest BCUT2D eigenvalue weighted by molar-refractivity contribution is 0.370. The van der Waals surface area contributed by atoms with Crippen LogP contribution in [0.1, 0.15) is 49.8 Å². The first-order valence-electron chi connectivity index (χ1n) is 7.58. The molecule has 0 aliphatic heterocycles. The van der Waals surface area contributed by atoms with E-state index in [1.165, 1.54) is 37.7 Å². The van der Waals surface area contributed by atoms with Crippen LogP contribution < -0.4 is 5.32 Å². The standard InChI is InChI=1S/C17H25N/c1-12-6-9-17(13(12)2)18-11-14-7-8-15-4-3-5-16(15)10-14/h7-8,10,12-13,17-18H,3-6,9,11H2,1-2H3. The van der Waals surface area contributed by atoms with Gasteiger partial charge in [0.2, 0.25) is 0 Å². The summed E-state index contributed by atoms with van der Waals surface area (Å²) >= 11 is 0. The molecule has 0 saturated heterocycles. The average molecular weight is 243 g/mol. The van der Waals surface area contributed by atoms with Crippen LogP contribution in [0.15, 0.2) is 18.2 Å². The van der Waals surface area contributed by atoms with Crippen LogP contribution in [0.3, 0.4) is 0 Å². The molecule has 1 N–H and O–H groups in total. The zero-order chi connectivity index (χ0) is 12.5. The molecule has 2 aliphatic carbocycles. The molecule has 2 aliphatic rings. The van der Waals surface area contributed by atoms with Gasteiger partial charge in [-0.2, -0.15) is 0 Å². The predicted molar refractivity (Wildman–Crippen MR) is 76.7 cm³/mol. The van der Waals surface area contributed by atoms with Crippen LogP contribution in [-0.2, 0) is 19.4 Å². The SMILES string of the molecule is CC1CCC(NCc2ccc3c(c2)CCC3)C1C. The van der Waals surface area contributed by atoms with E-state index in [4.69, 9.17) is 0 Å². The molecule has 1 fully saturated rings. The van der Waals surface area contributed by atoms with Crippen LogP contribution in [-0.4, -0.2) is 6.04 Å². The van der Waals surface area contributed by atoms with Crippen LogP contribution in [0, 0.1) is 11.8 Å². The molecule has 1 aromatic rings. The van der Waals surface area contributed by atoms with E-state index < -0.39 is 0 Å². The highest BCUT2D eigenvalue weighted by Crippen LogP contribution is 2.31. The molecule has 0 radical (unpaired) electrons. The van der Waals surface area contributed by atoms with Gasteiger partial charge in [-0.15, -0.1) is 0 Å². The van der Waals surface area contributed by atoms with Crippen molar-refractivity contribution in [2.45, 2.75) is 58.5 Å². The summed E-state index contributed by atoms with van der Waals surface area (Å²) in [5.41, 5.74) is 4.66. The third kappa shape index (κ3) is 2.33. The van der Waals surface area contributed by atoms with Crippen molar-refractivity contribution < 1.29 is 0 Å². The Bertz CT molecular complexity index is 424. The Morgan fingerprint density at radius 2 is 1.94 bits per heavy atom. The summed E-state index contributed by atoms with van der Waals surface area (Å²) in [4.78, 5) is 0. The molecular weight excluding hydrogens is 218 g/mol. The van der Waals surface area contributed by atoms with Crippen molar-refractivity contribution in [1.82, 2.24) is 5.32 Å². The molecule has 1 saturated carbocycles. The van der Waals surface area contributed by atoms with Gasteiger partial charge >= 0.3 is 0 Å². The van der Waals surface area contributed by atoms with Crippen molar-refractivity contribution in [1.29, 1.82) is 0 Å². The second-order valence-corrected chi connectivity index (χ2v) is 6.36. The van der Waals surface area contributed by atoms with Crippen molar-refractivity contribution in [3.05, 3.63) is 34.9 Å². The van der Waals surface area contributed by atoms with Crippen LogP contribution in [0.2, 0.25) is 0 Å². The molecule has 0 amide bonds. The Hall–Kier alpha value is -0.820. The van der Waals surface area contributed by atoms with E-state index in [2.05, 4.69) is 37.4 Å². The smallest absolute Gasteiger partial charge is 0.0208 e. The van der Waals surface area contributed by atoms with Crippen LogP contribution >= 0.6 is 0 Å². The van der Waals surface area contributed by atoms with Gasteiger partial charge in [-0.25, -0.2) is 0 Å². The van der Waals surface area contributed by atoms with Gasteiger partial charge in [-0.05, 0) is 60.6 Å². The molecule has 0 aromatic heterocycles. The van der Waals surface area contributed by atoms with Crippen LogP contribution in [0.5, 0.6) is 0 Å². The first-order chi connectivity index (χ1) is 8.74. The van der Waals surface area contributed by atoms with E-state index in [0.29, 0.717) is 0 Å². The molecule has 3 rings (SSSR count). The fourth-order valence-electron chi connectivity index (χ4n) is 3.64. The summed E-state index contributed by atoms with van der Waals surface area (Å²) in [7, 11) is 0. The highest BCUT2D eigenvalue weighted by molar-refractivity contribution is 5.35. The van der Waals surface area contributed by atoms with Crippen molar-refractivity contribution in [2.24, 2.45) is 11.8 Å². The number of hydrogen-bond donors (Lipinski definition) is 1. The fraction of sp³-hybridized carbons (Fsp3) is 0.647. The quantitative estimate of drug-likeness (QED) is 0.853. The summed E-state index contributed by atoms with van der Waals surface area (Å²) in [5.74, 6) is 1.72. The fourth-order valence-corrected chi connectivity index (χ4v) is 3.64. The second kappa shape index (κ2) is 5.05. The van der Waals surface area contributed by atoms with Crippen molar-refractivity contribution in [2.75, 3.05) is 0 Å². The lowest BCUT2D eigenvalue weighted by Gasteiger charge is -2.20. The minimum Gasteiger partial charge on any atom is -0.310 e. The maximum atomic E-state index is 3.77. The number of aryl methyl sites for hydroxylation is 2. The lowest BCUT2D eigenvalue weighted by atomic mass is 9.97. The van der Waals surface area contributed by atoms with E-state index in [1.807, 2.05) is 0 Å². The molecule has 3 unspecified atom stereocenters. The van der Waals surface area contributed by atoms with Gasteiger partial charge in [0.05, 0.1) is 0 Å². The molecule has 98 valence electrons. The van der Waals surface area contributed by atoms with Gasteiger partial charge in [0, 0.05) is 12.6 Å². The normalized spacial score (nSPS) is 30.7. The Kier molecular flexibility index (Phi) is 3.43.